The number of esters is 2. The van der Waals surface area contributed by atoms with E-state index < -0.39 is 0 Å². The molecule has 0 aromatic carbocycles. The quantitative estimate of drug-likeness (QED) is 0.446. The minimum atomic E-state index is -0.156. The van der Waals surface area contributed by atoms with Gasteiger partial charge < -0.3 is 9.47 Å². The maximum absolute atomic E-state index is 11.3. The molecule has 0 aliphatic carbocycles. The zero-order chi connectivity index (χ0) is 13.8. The summed E-state index contributed by atoms with van der Waals surface area (Å²) in [5.41, 5.74) is 0. The van der Waals surface area contributed by atoms with Gasteiger partial charge in [-0.25, -0.2) is 0 Å². The summed E-state index contributed by atoms with van der Waals surface area (Å²) in [7, 11) is 0. The summed E-state index contributed by atoms with van der Waals surface area (Å²) in [5.74, 6) is 0.270. The van der Waals surface area contributed by atoms with Gasteiger partial charge in [0.05, 0.1) is 13.2 Å². The van der Waals surface area contributed by atoms with Crippen LogP contribution in [0.3, 0.4) is 0 Å². The minimum Gasteiger partial charge on any atom is -0.466 e. The van der Waals surface area contributed by atoms with E-state index in [1.54, 1.807) is 6.92 Å². The van der Waals surface area contributed by atoms with Gasteiger partial charge in [0.15, 0.2) is 0 Å². The highest BCUT2D eigenvalue weighted by Gasteiger charge is 2.05. The molecule has 0 N–H and O–H groups in total. The molecule has 0 amide bonds. The van der Waals surface area contributed by atoms with E-state index in [1.807, 2.05) is 0 Å². The van der Waals surface area contributed by atoms with E-state index in [2.05, 4.69) is 13.8 Å². The fraction of sp³-hybridized carbons (Fsp3) is 0.857. The monoisotopic (exact) mass is 258 g/mol. The number of ether oxygens (including phenoxy) is 2. The zero-order valence-corrected chi connectivity index (χ0v) is 11.9. The van der Waals surface area contributed by atoms with Crippen molar-refractivity contribution in [1.82, 2.24) is 0 Å². The normalized spacial score (nSPS) is 10.4. The highest BCUT2D eigenvalue weighted by atomic mass is 16.5. The minimum absolute atomic E-state index is 0.133. The molecule has 4 heteroatoms. The summed E-state index contributed by atoms with van der Waals surface area (Å²) >= 11 is 0. The standard InChI is InChI=1S/C14H26O4/c1-4-17-13(15)8-6-5-7-9-14(16)18-11-10-12(2)3/h12H,4-11H2,1-3H3. The number of rotatable bonds is 10. The van der Waals surface area contributed by atoms with Gasteiger partial charge in [-0.3, -0.25) is 9.59 Å². The fourth-order valence-electron chi connectivity index (χ4n) is 1.43. The Morgan fingerprint density at radius 3 is 2.00 bits per heavy atom. The molecule has 0 atom stereocenters. The molecule has 0 radical (unpaired) electrons. The van der Waals surface area contributed by atoms with Gasteiger partial charge in [0.1, 0.15) is 0 Å². The third-order valence-electron chi connectivity index (χ3n) is 2.53. The van der Waals surface area contributed by atoms with Gasteiger partial charge in [0, 0.05) is 12.8 Å². The van der Waals surface area contributed by atoms with Crippen LogP contribution < -0.4 is 0 Å². The first-order valence-corrected chi connectivity index (χ1v) is 6.87. The maximum Gasteiger partial charge on any atom is 0.305 e. The van der Waals surface area contributed by atoms with Crippen molar-refractivity contribution < 1.29 is 19.1 Å². The van der Waals surface area contributed by atoms with Crippen molar-refractivity contribution in [3.05, 3.63) is 0 Å². The SMILES string of the molecule is CCOC(=O)CCCCCC(=O)OCCC(C)C. The predicted octanol–water partition coefficient (Wildman–Crippen LogP) is 3.09. The van der Waals surface area contributed by atoms with Crippen LogP contribution in [0.4, 0.5) is 0 Å². The second-order valence-electron chi connectivity index (χ2n) is 4.77. The predicted molar refractivity (Wildman–Crippen MR) is 70.1 cm³/mol. The number of hydrogen-bond donors (Lipinski definition) is 0. The lowest BCUT2D eigenvalue weighted by molar-refractivity contribution is -0.144. The molecule has 0 aliphatic heterocycles. The summed E-state index contributed by atoms with van der Waals surface area (Å²) in [4.78, 5) is 22.3. The van der Waals surface area contributed by atoms with Gasteiger partial charge >= 0.3 is 11.9 Å². The lowest BCUT2D eigenvalue weighted by Gasteiger charge is -2.06. The number of hydrogen-bond acceptors (Lipinski definition) is 4. The Morgan fingerprint density at radius 2 is 1.50 bits per heavy atom. The van der Waals surface area contributed by atoms with E-state index in [1.165, 1.54) is 0 Å². The van der Waals surface area contributed by atoms with Crippen LogP contribution in [-0.4, -0.2) is 25.2 Å². The van der Waals surface area contributed by atoms with E-state index in [9.17, 15) is 9.59 Å². The van der Waals surface area contributed by atoms with Crippen molar-refractivity contribution in [2.75, 3.05) is 13.2 Å². The largest absolute Gasteiger partial charge is 0.466 e. The van der Waals surface area contributed by atoms with Crippen LogP contribution in [0.5, 0.6) is 0 Å². The third kappa shape index (κ3) is 11.4. The Balaban J connectivity index is 3.32. The lowest BCUT2D eigenvalue weighted by Crippen LogP contribution is -2.07. The second-order valence-corrected chi connectivity index (χ2v) is 4.77. The van der Waals surface area contributed by atoms with Crippen LogP contribution in [0.25, 0.3) is 0 Å². The Kier molecular flexibility index (Phi) is 10.4. The molecule has 4 nitrogen and oxygen atoms in total. The van der Waals surface area contributed by atoms with E-state index in [-0.39, 0.29) is 11.9 Å². The molecule has 0 fully saturated rings. The smallest absolute Gasteiger partial charge is 0.305 e. The molecule has 0 aromatic rings. The first-order valence-electron chi connectivity index (χ1n) is 6.87. The summed E-state index contributed by atoms with van der Waals surface area (Å²) in [6, 6.07) is 0. The Hall–Kier alpha value is -1.06. The zero-order valence-electron chi connectivity index (χ0n) is 11.9. The molecule has 0 heterocycles. The fourth-order valence-corrected chi connectivity index (χ4v) is 1.43. The lowest BCUT2D eigenvalue weighted by atomic mass is 10.1. The maximum atomic E-state index is 11.3. The van der Waals surface area contributed by atoms with Crippen molar-refractivity contribution in [1.29, 1.82) is 0 Å². The van der Waals surface area contributed by atoms with Crippen LogP contribution >= 0.6 is 0 Å². The van der Waals surface area contributed by atoms with E-state index in [4.69, 9.17) is 9.47 Å². The average molecular weight is 258 g/mol. The molecule has 0 rings (SSSR count). The van der Waals surface area contributed by atoms with Crippen molar-refractivity contribution in [2.24, 2.45) is 5.92 Å². The van der Waals surface area contributed by atoms with Gasteiger partial charge in [-0.1, -0.05) is 20.3 Å². The van der Waals surface area contributed by atoms with Crippen LogP contribution in [0.15, 0.2) is 0 Å². The average Bonchev–Trinajstić information content (AvgIpc) is 2.28. The third-order valence-corrected chi connectivity index (χ3v) is 2.53. The Morgan fingerprint density at radius 1 is 0.944 bits per heavy atom. The summed E-state index contributed by atoms with van der Waals surface area (Å²) in [6.07, 6.45) is 4.21. The van der Waals surface area contributed by atoms with Gasteiger partial charge in [-0.05, 0) is 32.1 Å². The highest BCUT2D eigenvalue weighted by Crippen LogP contribution is 2.06. The van der Waals surface area contributed by atoms with Crippen molar-refractivity contribution in [2.45, 2.75) is 59.3 Å². The van der Waals surface area contributed by atoms with Crippen LogP contribution in [0, 0.1) is 5.92 Å². The molecule has 18 heavy (non-hydrogen) atoms. The molecule has 0 saturated heterocycles. The highest BCUT2D eigenvalue weighted by molar-refractivity contribution is 5.69. The molecule has 0 aliphatic rings. The topological polar surface area (TPSA) is 52.6 Å². The Bertz CT molecular complexity index is 236. The first kappa shape index (κ1) is 16.9. The Labute approximate surface area is 110 Å². The summed E-state index contributed by atoms with van der Waals surface area (Å²) in [6.45, 7) is 6.94. The number of carbonyl (C=O) groups excluding carboxylic acids is 2. The molecule has 0 aromatic heterocycles. The van der Waals surface area contributed by atoms with Crippen LogP contribution in [0.1, 0.15) is 59.3 Å². The van der Waals surface area contributed by atoms with E-state index in [0.29, 0.717) is 32.0 Å². The van der Waals surface area contributed by atoms with Gasteiger partial charge in [-0.15, -0.1) is 0 Å². The van der Waals surface area contributed by atoms with Crippen molar-refractivity contribution in [3.63, 3.8) is 0 Å². The molecule has 0 saturated carbocycles. The molecular formula is C14H26O4. The van der Waals surface area contributed by atoms with Gasteiger partial charge in [0.25, 0.3) is 0 Å². The molecule has 106 valence electrons. The molecule has 0 bridgehead atoms. The van der Waals surface area contributed by atoms with E-state index in [0.717, 1.165) is 25.7 Å². The van der Waals surface area contributed by atoms with Crippen molar-refractivity contribution >= 4 is 11.9 Å². The number of carbonyl (C=O) groups is 2. The van der Waals surface area contributed by atoms with E-state index >= 15 is 0 Å². The molecule has 0 unspecified atom stereocenters. The summed E-state index contributed by atoms with van der Waals surface area (Å²) < 4.78 is 9.90. The first-order chi connectivity index (χ1) is 8.56. The molecular weight excluding hydrogens is 232 g/mol. The van der Waals surface area contributed by atoms with Gasteiger partial charge in [-0.2, -0.15) is 0 Å². The van der Waals surface area contributed by atoms with Crippen molar-refractivity contribution in [3.8, 4) is 0 Å². The molecule has 0 spiro atoms. The van der Waals surface area contributed by atoms with Crippen LogP contribution in [-0.2, 0) is 19.1 Å². The summed E-state index contributed by atoms with van der Waals surface area (Å²) in [5, 5.41) is 0. The number of unbranched alkanes of at least 4 members (excludes halogenated alkanes) is 2. The van der Waals surface area contributed by atoms with Crippen LogP contribution in [0.2, 0.25) is 0 Å². The van der Waals surface area contributed by atoms with Gasteiger partial charge in [0.2, 0.25) is 0 Å². The second kappa shape index (κ2) is 11.1.